The highest BCUT2D eigenvalue weighted by atomic mass is 16.5. The predicted molar refractivity (Wildman–Crippen MR) is 83.2 cm³/mol. The van der Waals surface area contributed by atoms with Crippen LogP contribution in [0.15, 0.2) is 12.4 Å². The maximum atomic E-state index is 6.09. The molecule has 2 saturated heterocycles. The third-order valence-corrected chi connectivity index (χ3v) is 5.00. The quantitative estimate of drug-likeness (QED) is 0.814. The van der Waals surface area contributed by atoms with E-state index in [1.54, 1.807) is 13.4 Å². The lowest BCUT2D eigenvalue weighted by Gasteiger charge is -2.37. The van der Waals surface area contributed by atoms with E-state index in [2.05, 4.69) is 19.8 Å². The largest absolute Gasteiger partial charge is 0.481 e. The van der Waals surface area contributed by atoms with E-state index in [9.17, 15) is 0 Å². The molecule has 22 heavy (non-hydrogen) atoms. The molecule has 1 saturated carbocycles. The number of hydrogen-bond donors (Lipinski definition) is 0. The molecule has 2 aliphatic heterocycles. The summed E-state index contributed by atoms with van der Waals surface area (Å²) in [5, 5.41) is 0. The molecule has 0 bridgehead atoms. The van der Waals surface area contributed by atoms with Crippen molar-refractivity contribution in [3.63, 3.8) is 0 Å². The van der Waals surface area contributed by atoms with Crippen molar-refractivity contribution >= 4 is 5.82 Å². The van der Waals surface area contributed by atoms with Gasteiger partial charge in [-0.25, -0.2) is 9.97 Å². The summed E-state index contributed by atoms with van der Waals surface area (Å²) < 4.78 is 11.3. The summed E-state index contributed by atoms with van der Waals surface area (Å²) in [6.45, 7) is 5.17. The molecule has 120 valence electrons. The minimum Gasteiger partial charge on any atom is -0.481 e. The Morgan fingerprint density at radius 3 is 2.95 bits per heavy atom. The Hall–Kier alpha value is -1.40. The number of hydrogen-bond acceptors (Lipinski definition) is 6. The summed E-state index contributed by atoms with van der Waals surface area (Å²) in [5.41, 5.74) is 0. The summed E-state index contributed by atoms with van der Waals surface area (Å²) in [4.78, 5) is 13.4. The Bertz CT molecular complexity index is 523. The fraction of sp³-hybridized carbons (Fsp3) is 0.750. The lowest BCUT2D eigenvalue weighted by Crippen LogP contribution is -2.50. The molecule has 0 unspecified atom stereocenters. The standard InChI is InChI=1S/C16H24N4O2/c1-21-16-7-15(17-11-18-16)20-5-4-19-9-14(6-13(19)8-20)22-10-12-2-3-12/h7,11-14H,2-6,8-10H2,1H3/t13-,14+/m0/s1. The van der Waals surface area contributed by atoms with Crippen molar-refractivity contribution in [2.45, 2.75) is 31.4 Å². The van der Waals surface area contributed by atoms with Gasteiger partial charge in [0.15, 0.2) is 0 Å². The molecular weight excluding hydrogens is 280 g/mol. The van der Waals surface area contributed by atoms with Crippen molar-refractivity contribution in [1.82, 2.24) is 14.9 Å². The first kappa shape index (κ1) is 14.2. The van der Waals surface area contributed by atoms with Crippen LogP contribution in [0.5, 0.6) is 5.88 Å². The fourth-order valence-corrected chi connectivity index (χ4v) is 3.50. The van der Waals surface area contributed by atoms with Crippen LogP contribution in [-0.4, -0.2) is 66.9 Å². The lowest BCUT2D eigenvalue weighted by molar-refractivity contribution is 0.0521. The number of anilines is 1. The van der Waals surface area contributed by atoms with E-state index in [1.165, 1.54) is 12.8 Å². The van der Waals surface area contributed by atoms with Crippen LogP contribution in [0.2, 0.25) is 0 Å². The molecule has 0 N–H and O–H groups in total. The van der Waals surface area contributed by atoms with Gasteiger partial charge in [-0.05, 0) is 25.2 Å². The predicted octanol–water partition coefficient (Wildman–Crippen LogP) is 1.17. The molecule has 6 nitrogen and oxygen atoms in total. The highest BCUT2D eigenvalue weighted by Gasteiger charge is 2.37. The van der Waals surface area contributed by atoms with Crippen molar-refractivity contribution < 1.29 is 9.47 Å². The number of nitrogens with zero attached hydrogens (tertiary/aromatic N) is 4. The van der Waals surface area contributed by atoms with Gasteiger partial charge in [-0.1, -0.05) is 0 Å². The second-order valence-corrected chi connectivity index (χ2v) is 6.65. The summed E-state index contributed by atoms with van der Waals surface area (Å²) in [6.07, 6.45) is 5.87. The van der Waals surface area contributed by atoms with Crippen LogP contribution >= 0.6 is 0 Å². The topological polar surface area (TPSA) is 50.7 Å². The van der Waals surface area contributed by atoms with E-state index in [1.807, 2.05) is 6.07 Å². The van der Waals surface area contributed by atoms with Crippen molar-refractivity contribution in [1.29, 1.82) is 0 Å². The summed E-state index contributed by atoms with van der Waals surface area (Å²) >= 11 is 0. The van der Waals surface area contributed by atoms with Gasteiger partial charge in [0.1, 0.15) is 12.1 Å². The van der Waals surface area contributed by atoms with E-state index < -0.39 is 0 Å². The first-order chi connectivity index (χ1) is 10.8. The molecule has 6 heteroatoms. The average molecular weight is 304 g/mol. The van der Waals surface area contributed by atoms with Crippen LogP contribution < -0.4 is 9.64 Å². The van der Waals surface area contributed by atoms with E-state index in [4.69, 9.17) is 9.47 Å². The van der Waals surface area contributed by atoms with Gasteiger partial charge in [0.25, 0.3) is 0 Å². The van der Waals surface area contributed by atoms with Crippen LogP contribution in [0.4, 0.5) is 5.82 Å². The highest BCUT2D eigenvalue weighted by molar-refractivity contribution is 5.41. The van der Waals surface area contributed by atoms with Gasteiger partial charge in [-0.2, -0.15) is 0 Å². The van der Waals surface area contributed by atoms with Crippen molar-refractivity contribution in [3.8, 4) is 5.88 Å². The van der Waals surface area contributed by atoms with Gasteiger partial charge in [0.05, 0.1) is 13.2 Å². The summed E-state index contributed by atoms with van der Waals surface area (Å²) in [5.74, 6) is 2.45. The fourth-order valence-electron chi connectivity index (χ4n) is 3.50. The molecule has 0 radical (unpaired) electrons. The first-order valence-electron chi connectivity index (χ1n) is 8.28. The monoisotopic (exact) mass is 304 g/mol. The number of fused-ring (bicyclic) bond motifs is 1. The van der Waals surface area contributed by atoms with Gasteiger partial charge < -0.3 is 14.4 Å². The van der Waals surface area contributed by atoms with Gasteiger partial charge >= 0.3 is 0 Å². The number of rotatable bonds is 5. The zero-order valence-electron chi connectivity index (χ0n) is 13.1. The Labute approximate surface area is 131 Å². The maximum absolute atomic E-state index is 6.09. The van der Waals surface area contributed by atoms with E-state index >= 15 is 0 Å². The second kappa shape index (κ2) is 6.01. The molecule has 0 amide bonds. The number of piperazine rings is 1. The average Bonchev–Trinajstić information content (AvgIpc) is 3.30. The van der Waals surface area contributed by atoms with E-state index in [0.29, 0.717) is 18.0 Å². The second-order valence-electron chi connectivity index (χ2n) is 6.65. The molecule has 1 aliphatic carbocycles. The van der Waals surface area contributed by atoms with Crippen LogP contribution in [0, 0.1) is 5.92 Å². The number of methoxy groups -OCH3 is 1. The Balaban J connectivity index is 1.36. The third-order valence-electron chi connectivity index (χ3n) is 5.00. The van der Waals surface area contributed by atoms with Gasteiger partial charge in [-0.3, -0.25) is 4.90 Å². The van der Waals surface area contributed by atoms with Crippen molar-refractivity contribution in [2.75, 3.05) is 44.8 Å². The van der Waals surface area contributed by atoms with Crippen molar-refractivity contribution in [3.05, 3.63) is 12.4 Å². The molecular formula is C16H24N4O2. The van der Waals surface area contributed by atoms with Crippen LogP contribution in [0.1, 0.15) is 19.3 Å². The van der Waals surface area contributed by atoms with Gasteiger partial charge in [-0.15, -0.1) is 0 Å². The van der Waals surface area contributed by atoms with E-state index in [0.717, 1.165) is 50.9 Å². The number of ether oxygens (including phenoxy) is 2. The normalized spacial score (nSPS) is 28.7. The highest BCUT2D eigenvalue weighted by Crippen LogP contribution is 2.32. The molecule has 0 spiro atoms. The molecule has 1 aromatic heterocycles. The minimum atomic E-state index is 0.422. The molecule has 1 aromatic rings. The molecule has 3 fully saturated rings. The Morgan fingerprint density at radius 1 is 1.23 bits per heavy atom. The molecule has 3 heterocycles. The molecule has 2 atom stereocenters. The SMILES string of the molecule is COc1cc(N2CCN3C[C@H](OCC4CC4)C[C@H]3C2)ncn1. The zero-order chi connectivity index (χ0) is 14.9. The van der Waals surface area contributed by atoms with Crippen LogP contribution in [-0.2, 0) is 4.74 Å². The Kier molecular flexibility index (Phi) is 3.88. The van der Waals surface area contributed by atoms with E-state index in [-0.39, 0.29) is 0 Å². The third kappa shape index (κ3) is 3.03. The lowest BCUT2D eigenvalue weighted by atomic mass is 10.1. The number of aromatic nitrogens is 2. The van der Waals surface area contributed by atoms with Crippen LogP contribution in [0.25, 0.3) is 0 Å². The zero-order valence-corrected chi connectivity index (χ0v) is 13.1. The molecule has 4 rings (SSSR count). The minimum absolute atomic E-state index is 0.422. The first-order valence-corrected chi connectivity index (χ1v) is 8.28. The van der Waals surface area contributed by atoms with Crippen LogP contribution in [0.3, 0.4) is 0 Å². The van der Waals surface area contributed by atoms with Gasteiger partial charge in [0.2, 0.25) is 5.88 Å². The summed E-state index contributed by atoms with van der Waals surface area (Å²) in [7, 11) is 1.64. The molecule has 3 aliphatic rings. The van der Waals surface area contributed by atoms with Crippen molar-refractivity contribution in [2.24, 2.45) is 5.92 Å². The smallest absolute Gasteiger partial charge is 0.218 e. The van der Waals surface area contributed by atoms with Gasteiger partial charge in [0, 0.05) is 44.9 Å². The maximum Gasteiger partial charge on any atom is 0.218 e. The summed E-state index contributed by atoms with van der Waals surface area (Å²) in [6, 6.07) is 2.50. The Morgan fingerprint density at radius 2 is 2.14 bits per heavy atom. The molecule has 0 aromatic carbocycles.